The molecule has 0 saturated carbocycles. The molecule has 1 amide bonds. The van der Waals surface area contributed by atoms with E-state index in [9.17, 15) is 14.7 Å². The molecule has 8 heteroatoms. The second kappa shape index (κ2) is 7.67. The summed E-state index contributed by atoms with van der Waals surface area (Å²) in [7, 11) is 0. The molecule has 0 radical (unpaired) electrons. The van der Waals surface area contributed by atoms with Gasteiger partial charge < -0.3 is 10.4 Å². The second-order valence-corrected chi connectivity index (χ2v) is 6.82. The molecule has 28 heavy (non-hydrogen) atoms. The van der Waals surface area contributed by atoms with Crippen molar-refractivity contribution in [3.05, 3.63) is 64.7 Å². The zero-order chi connectivity index (χ0) is 20.4. The molecular weight excluding hydrogens is 358 g/mol. The number of aryl methyl sites for hydroxylation is 2. The predicted molar refractivity (Wildman–Crippen MR) is 105 cm³/mol. The zero-order valence-corrected chi connectivity index (χ0v) is 16.3. The fourth-order valence-corrected chi connectivity index (χ4v) is 2.98. The van der Waals surface area contributed by atoms with Crippen molar-refractivity contribution in [1.82, 2.24) is 19.6 Å². The maximum Gasteiger partial charge on any atom is 0.328 e. The molecule has 0 aliphatic carbocycles. The number of carbonyl (C=O) groups excluding carboxylic acids is 1. The predicted octanol–water partition coefficient (Wildman–Crippen LogP) is 2.95. The van der Waals surface area contributed by atoms with Crippen LogP contribution in [-0.2, 0) is 11.3 Å². The Morgan fingerprint density at radius 3 is 2.46 bits per heavy atom. The highest BCUT2D eigenvalue weighted by atomic mass is 16.4. The minimum Gasteiger partial charge on any atom is -0.480 e. The first-order chi connectivity index (χ1) is 13.3. The molecule has 0 bridgehead atoms. The van der Waals surface area contributed by atoms with Crippen molar-refractivity contribution in [3.63, 3.8) is 0 Å². The summed E-state index contributed by atoms with van der Waals surface area (Å²) in [6, 6.07) is 8.76. The van der Waals surface area contributed by atoms with Gasteiger partial charge in [0.1, 0.15) is 11.7 Å². The lowest BCUT2D eigenvalue weighted by Gasteiger charge is -2.12. The van der Waals surface area contributed by atoms with E-state index >= 15 is 0 Å². The first-order valence-corrected chi connectivity index (χ1v) is 8.95. The van der Waals surface area contributed by atoms with Gasteiger partial charge >= 0.3 is 5.97 Å². The Balaban J connectivity index is 1.83. The molecule has 1 atom stereocenters. The van der Waals surface area contributed by atoms with Gasteiger partial charge in [0.15, 0.2) is 0 Å². The lowest BCUT2D eigenvalue weighted by molar-refractivity contribution is -0.140. The van der Waals surface area contributed by atoms with Crippen LogP contribution in [0, 0.1) is 20.8 Å². The molecule has 1 unspecified atom stereocenters. The quantitative estimate of drug-likeness (QED) is 0.683. The second-order valence-electron chi connectivity index (χ2n) is 6.82. The summed E-state index contributed by atoms with van der Waals surface area (Å²) >= 11 is 0. The fraction of sp³-hybridized carbons (Fsp3) is 0.300. The third-order valence-corrected chi connectivity index (χ3v) is 4.70. The SMILES string of the molecule is Cc1ccc(Cn2nc(C)c(NC(=O)c3ccnn3C(C)C(=O)O)c2C)cc1. The van der Waals surface area contributed by atoms with E-state index in [-0.39, 0.29) is 5.69 Å². The van der Waals surface area contributed by atoms with Gasteiger partial charge in [-0.05, 0) is 39.3 Å². The number of carbonyl (C=O) groups is 2. The average Bonchev–Trinajstić information content (AvgIpc) is 3.24. The van der Waals surface area contributed by atoms with Gasteiger partial charge in [0.05, 0.1) is 23.6 Å². The standard InChI is InChI=1S/C20H23N5O3/c1-12-5-7-16(8-6-12)11-24-14(3)18(13(2)23-24)22-19(26)17-9-10-21-25(17)15(4)20(27)28/h5-10,15H,11H2,1-4H3,(H,22,26)(H,27,28). The summed E-state index contributed by atoms with van der Waals surface area (Å²) in [5, 5.41) is 20.5. The third kappa shape index (κ3) is 3.80. The highest BCUT2D eigenvalue weighted by Crippen LogP contribution is 2.22. The van der Waals surface area contributed by atoms with Crippen molar-refractivity contribution in [2.24, 2.45) is 0 Å². The lowest BCUT2D eigenvalue weighted by Crippen LogP contribution is -2.24. The third-order valence-electron chi connectivity index (χ3n) is 4.70. The number of hydrogen-bond acceptors (Lipinski definition) is 4. The van der Waals surface area contributed by atoms with Crippen LogP contribution in [0.15, 0.2) is 36.5 Å². The average molecular weight is 381 g/mol. The summed E-state index contributed by atoms with van der Waals surface area (Å²) < 4.78 is 3.03. The van der Waals surface area contributed by atoms with Gasteiger partial charge in [-0.1, -0.05) is 29.8 Å². The number of nitrogens with one attached hydrogen (secondary N) is 1. The highest BCUT2D eigenvalue weighted by Gasteiger charge is 2.23. The van der Waals surface area contributed by atoms with Gasteiger partial charge in [0, 0.05) is 6.20 Å². The topological polar surface area (TPSA) is 102 Å². The molecule has 3 aromatic rings. The van der Waals surface area contributed by atoms with E-state index in [1.807, 2.05) is 25.5 Å². The number of rotatable bonds is 6. The Bertz CT molecular complexity index is 1020. The zero-order valence-electron chi connectivity index (χ0n) is 16.3. The molecule has 0 saturated heterocycles. The van der Waals surface area contributed by atoms with E-state index in [1.54, 1.807) is 0 Å². The van der Waals surface area contributed by atoms with Gasteiger partial charge in [-0.25, -0.2) is 9.48 Å². The first-order valence-electron chi connectivity index (χ1n) is 8.95. The highest BCUT2D eigenvalue weighted by molar-refractivity contribution is 6.04. The maximum absolute atomic E-state index is 12.7. The number of carboxylic acids is 1. The van der Waals surface area contributed by atoms with Gasteiger partial charge in [-0.2, -0.15) is 10.2 Å². The largest absolute Gasteiger partial charge is 0.480 e. The Hall–Kier alpha value is -3.42. The molecule has 1 aromatic carbocycles. The fourth-order valence-electron chi connectivity index (χ4n) is 2.98. The number of carboxylic acid groups (broad SMARTS) is 1. The van der Waals surface area contributed by atoms with E-state index in [2.05, 4.69) is 39.8 Å². The summed E-state index contributed by atoms with van der Waals surface area (Å²) in [5.41, 5.74) is 4.62. The van der Waals surface area contributed by atoms with Crippen LogP contribution in [0.5, 0.6) is 0 Å². The molecule has 8 nitrogen and oxygen atoms in total. The van der Waals surface area contributed by atoms with Crippen LogP contribution in [0.1, 0.15) is 46.0 Å². The lowest BCUT2D eigenvalue weighted by atomic mass is 10.1. The number of benzene rings is 1. The van der Waals surface area contributed by atoms with Crippen molar-refractivity contribution in [3.8, 4) is 0 Å². The molecule has 2 aromatic heterocycles. The van der Waals surface area contributed by atoms with Crippen LogP contribution in [0.25, 0.3) is 0 Å². The normalized spacial score (nSPS) is 12.0. The Labute approximate surface area is 162 Å². The van der Waals surface area contributed by atoms with Gasteiger partial charge in [-0.3, -0.25) is 9.48 Å². The van der Waals surface area contributed by atoms with Gasteiger partial charge in [-0.15, -0.1) is 0 Å². The molecule has 0 aliphatic rings. The molecule has 0 aliphatic heterocycles. The number of amides is 1. The number of nitrogens with zero attached hydrogens (tertiary/aromatic N) is 4. The van der Waals surface area contributed by atoms with Crippen molar-refractivity contribution < 1.29 is 14.7 Å². The molecule has 3 rings (SSSR count). The van der Waals surface area contributed by atoms with E-state index in [0.717, 1.165) is 11.3 Å². The number of aliphatic carboxylic acids is 1. The monoisotopic (exact) mass is 381 g/mol. The molecule has 2 N–H and O–H groups in total. The number of anilines is 1. The van der Waals surface area contributed by atoms with Crippen LogP contribution in [-0.4, -0.2) is 36.5 Å². The van der Waals surface area contributed by atoms with Gasteiger partial charge in [0.2, 0.25) is 0 Å². The summed E-state index contributed by atoms with van der Waals surface area (Å²) in [4.78, 5) is 24.0. The molecule has 146 valence electrons. The van der Waals surface area contributed by atoms with Crippen LogP contribution in [0.4, 0.5) is 5.69 Å². The Kier molecular flexibility index (Phi) is 5.30. The van der Waals surface area contributed by atoms with Crippen LogP contribution in [0.2, 0.25) is 0 Å². The Morgan fingerprint density at radius 1 is 1.14 bits per heavy atom. The smallest absolute Gasteiger partial charge is 0.328 e. The van der Waals surface area contributed by atoms with E-state index in [1.165, 1.54) is 29.4 Å². The molecular formula is C20H23N5O3. The summed E-state index contributed by atoms with van der Waals surface area (Å²) in [6.07, 6.45) is 1.41. The van der Waals surface area contributed by atoms with Crippen LogP contribution >= 0.6 is 0 Å². The summed E-state index contributed by atoms with van der Waals surface area (Å²) in [5.74, 6) is -1.48. The van der Waals surface area contributed by atoms with Crippen molar-refractivity contribution >= 4 is 17.6 Å². The van der Waals surface area contributed by atoms with Gasteiger partial charge in [0.25, 0.3) is 5.91 Å². The Morgan fingerprint density at radius 2 is 1.82 bits per heavy atom. The first kappa shape index (κ1) is 19.3. The molecule has 2 heterocycles. The van der Waals surface area contributed by atoms with Crippen LogP contribution in [0.3, 0.4) is 0 Å². The van der Waals surface area contributed by atoms with Crippen LogP contribution < -0.4 is 5.32 Å². The van der Waals surface area contributed by atoms with Crippen molar-refractivity contribution in [2.45, 2.75) is 40.3 Å². The molecule has 0 spiro atoms. The van der Waals surface area contributed by atoms with E-state index < -0.39 is 17.9 Å². The number of hydrogen-bond donors (Lipinski definition) is 2. The minimum atomic E-state index is -1.06. The van der Waals surface area contributed by atoms with E-state index in [0.29, 0.717) is 17.9 Å². The summed E-state index contributed by atoms with van der Waals surface area (Å²) in [6.45, 7) is 7.82. The minimum absolute atomic E-state index is 0.181. The van der Waals surface area contributed by atoms with Crippen molar-refractivity contribution in [2.75, 3.05) is 5.32 Å². The molecule has 0 fully saturated rings. The van der Waals surface area contributed by atoms with E-state index in [4.69, 9.17) is 0 Å². The maximum atomic E-state index is 12.7. The number of aromatic nitrogens is 4. The van der Waals surface area contributed by atoms with Crippen molar-refractivity contribution in [1.29, 1.82) is 0 Å².